The van der Waals surface area contributed by atoms with E-state index in [1.807, 2.05) is 12.3 Å². The molecule has 0 saturated carbocycles. The summed E-state index contributed by atoms with van der Waals surface area (Å²) in [6.45, 7) is 1.90. The summed E-state index contributed by atoms with van der Waals surface area (Å²) < 4.78 is 0. The molecule has 1 amide bonds. The minimum Gasteiger partial charge on any atom is -0.387 e. The van der Waals surface area contributed by atoms with Gasteiger partial charge in [0.05, 0.1) is 16.7 Å². The zero-order chi connectivity index (χ0) is 14.6. The van der Waals surface area contributed by atoms with Crippen molar-refractivity contribution in [1.82, 2.24) is 15.3 Å². The van der Waals surface area contributed by atoms with E-state index in [0.29, 0.717) is 22.3 Å². The van der Waals surface area contributed by atoms with E-state index in [2.05, 4.69) is 15.3 Å². The summed E-state index contributed by atoms with van der Waals surface area (Å²) in [6.07, 6.45) is 5.06. The number of hydrogen-bond donors (Lipinski definition) is 2. The molecule has 2 N–H and O–H groups in total. The number of carbonyl (C=O) groups is 1. The smallest absolute Gasteiger partial charge is 0.253 e. The van der Waals surface area contributed by atoms with Crippen molar-refractivity contribution in [3.8, 4) is 0 Å². The molecule has 0 bridgehead atoms. The van der Waals surface area contributed by atoms with Gasteiger partial charge in [-0.05, 0) is 25.3 Å². The van der Waals surface area contributed by atoms with Gasteiger partial charge in [0, 0.05) is 24.7 Å². The average molecular weight is 291 g/mol. The Morgan fingerprint density at radius 1 is 1.40 bits per heavy atom. The van der Waals surface area contributed by atoms with Crippen LogP contribution in [0.3, 0.4) is 0 Å². The van der Waals surface area contributed by atoms with Crippen molar-refractivity contribution >= 4 is 28.7 Å². The summed E-state index contributed by atoms with van der Waals surface area (Å²) in [4.78, 5) is 20.6. The molecule has 0 radical (unpaired) electrons. The number of amides is 1. The van der Waals surface area contributed by atoms with E-state index in [0.717, 1.165) is 0 Å². The van der Waals surface area contributed by atoms with Crippen LogP contribution in [0.1, 0.15) is 17.3 Å². The lowest BCUT2D eigenvalue weighted by Crippen LogP contribution is -2.42. The number of aromatic nitrogens is 2. The molecule has 0 aliphatic rings. The lowest BCUT2D eigenvalue weighted by atomic mass is 10.1. The number of hydrogen-bond acceptors (Lipinski definition) is 5. The van der Waals surface area contributed by atoms with Crippen LogP contribution in [-0.2, 0) is 0 Å². The van der Waals surface area contributed by atoms with E-state index in [4.69, 9.17) is 0 Å². The molecule has 0 saturated heterocycles. The number of fused-ring (bicyclic) bond motifs is 1. The molecular formula is C14H17N3O2S. The quantitative estimate of drug-likeness (QED) is 0.872. The Labute approximate surface area is 121 Å². The molecule has 20 heavy (non-hydrogen) atoms. The first-order chi connectivity index (χ1) is 9.53. The molecule has 2 rings (SSSR count). The molecule has 1 unspecified atom stereocenters. The minimum absolute atomic E-state index is 0.198. The van der Waals surface area contributed by atoms with Crippen molar-refractivity contribution in [1.29, 1.82) is 0 Å². The van der Waals surface area contributed by atoms with Crippen molar-refractivity contribution < 1.29 is 9.90 Å². The Kier molecular flexibility index (Phi) is 4.57. The zero-order valence-electron chi connectivity index (χ0n) is 11.5. The highest BCUT2D eigenvalue weighted by atomic mass is 32.2. The van der Waals surface area contributed by atoms with Crippen molar-refractivity contribution in [3.63, 3.8) is 0 Å². The summed E-state index contributed by atoms with van der Waals surface area (Å²) >= 11 is 1.53. The third-order valence-corrected chi connectivity index (χ3v) is 3.74. The fourth-order valence-corrected chi connectivity index (χ4v) is 2.63. The number of aliphatic hydroxyl groups is 1. The number of nitrogens with one attached hydrogen (secondary N) is 1. The Bertz CT molecular complexity index is 611. The predicted molar refractivity (Wildman–Crippen MR) is 80.9 cm³/mol. The van der Waals surface area contributed by atoms with Gasteiger partial charge >= 0.3 is 0 Å². The zero-order valence-corrected chi connectivity index (χ0v) is 12.3. The first kappa shape index (κ1) is 14.7. The number of thioether (sulfide) groups is 1. The second-order valence-electron chi connectivity index (χ2n) is 4.84. The third-order valence-electron chi connectivity index (χ3n) is 2.83. The SMILES string of the molecule is CSCC(C)(O)CNC(=O)c1cccc2nccnc12. The summed E-state index contributed by atoms with van der Waals surface area (Å²) in [5.41, 5.74) is 0.786. The van der Waals surface area contributed by atoms with Crippen molar-refractivity contribution in [3.05, 3.63) is 36.2 Å². The third kappa shape index (κ3) is 3.46. The highest BCUT2D eigenvalue weighted by Gasteiger charge is 2.21. The number of para-hydroxylation sites is 1. The molecular weight excluding hydrogens is 274 g/mol. The Morgan fingerprint density at radius 3 is 2.90 bits per heavy atom. The second-order valence-corrected chi connectivity index (χ2v) is 5.71. The van der Waals surface area contributed by atoms with Crippen LogP contribution >= 0.6 is 11.8 Å². The monoisotopic (exact) mass is 291 g/mol. The van der Waals surface area contributed by atoms with Crippen LogP contribution in [0.25, 0.3) is 11.0 Å². The van der Waals surface area contributed by atoms with Crippen LogP contribution in [0, 0.1) is 0 Å². The lowest BCUT2D eigenvalue weighted by Gasteiger charge is -2.22. The summed E-state index contributed by atoms with van der Waals surface area (Å²) in [5.74, 6) is 0.306. The van der Waals surface area contributed by atoms with E-state index in [1.165, 1.54) is 11.8 Å². The molecule has 5 nitrogen and oxygen atoms in total. The number of rotatable bonds is 5. The number of carbonyl (C=O) groups excluding carboxylic acids is 1. The number of nitrogens with zero attached hydrogens (tertiary/aromatic N) is 2. The van der Waals surface area contributed by atoms with Gasteiger partial charge in [0.2, 0.25) is 0 Å². The summed E-state index contributed by atoms with van der Waals surface area (Å²) in [7, 11) is 0. The summed E-state index contributed by atoms with van der Waals surface area (Å²) in [5, 5.41) is 12.8. The molecule has 2 aromatic rings. The van der Waals surface area contributed by atoms with Crippen LogP contribution < -0.4 is 5.32 Å². The molecule has 1 heterocycles. The van der Waals surface area contributed by atoms with Crippen molar-refractivity contribution in [2.45, 2.75) is 12.5 Å². The molecule has 0 spiro atoms. The highest BCUT2D eigenvalue weighted by Crippen LogP contribution is 2.14. The second kappa shape index (κ2) is 6.19. The minimum atomic E-state index is -0.925. The Morgan fingerprint density at radius 2 is 2.15 bits per heavy atom. The Balaban J connectivity index is 2.16. The van der Waals surface area contributed by atoms with E-state index in [1.54, 1.807) is 31.5 Å². The topological polar surface area (TPSA) is 75.1 Å². The van der Waals surface area contributed by atoms with Crippen molar-refractivity contribution in [2.24, 2.45) is 0 Å². The fourth-order valence-electron chi connectivity index (χ4n) is 1.90. The maximum atomic E-state index is 12.2. The van der Waals surface area contributed by atoms with Gasteiger partial charge in [0.1, 0.15) is 5.52 Å². The average Bonchev–Trinajstić information content (AvgIpc) is 2.44. The molecule has 6 heteroatoms. The molecule has 106 valence electrons. The van der Waals surface area contributed by atoms with Crippen LogP contribution in [-0.4, -0.2) is 45.1 Å². The van der Waals surface area contributed by atoms with E-state index in [9.17, 15) is 9.90 Å². The molecule has 0 fully saturated rings. The van der Waals surface area contributed by atoms with Gasteiger partial charge in [-0.2, -0.15) is 11.8 Å². The first-order valence-electron chi connectivity index (χ1n) is 6.23. The van der Waals surface area contributed by atoms with Crippen LogP contribution in [0.2, 0.25) is 0 Å². The van der Waals surface area contributed by atoms with Crippen molar-refractivity contribution in [2.75, 3.05) is 18.6 Å². The number of benzene rings is 1. The Hall–Kier alpha value is -1.66. The van der Waals surface area contributed by atoms with Gasteiger partial charge in [0.25, 0.3) is 5.91 Å². The highest BCUT2D eigenvalue weighted by molar-refractivity contribution is 7.98. The van der Waals surface area contributed by atoms with Gasteiger partial charge in [-0.15, -0.1) is 0 Å². The summed E-state index contributed by atoms with van der Waals surface area (Å²) in [6, 6.07) is 5.28. The normalized spacial score (nSPS) is 13.9. The van der Waals surface area contributed by atoms with E-state index in [-0.39, 0.29) is 12.5 Å². The predicted octanol–water partition coefficient (Wildman–Crippen LogP) is 1.47. The van der Waals surface area contributed by atoms with Crippen LogP contribution in [0.5, 0.6) is 0 Å². The van der Waals surface area contributed by atoms with Gasteiger partial charge in [-0.1, -0.05) is 6.07 Å². The standard InChI is InChI=1S/C14H17N3O2S/c1-14(19,9-20-2)8-17-13(18)10-4-3-5-11-12(10)16-7-6-15-11/h3-7,19H,8-9H2,1-2H3,(H,17,18). The van der Waals surface area contributed by atoms with E-state index < -0.39 is 5.60 Å². The lowest BCUT2D eigenvalue weighted by molar-refractivity contribution is 0.0726. The molecule has 0 aliphatic heterocycles. The fraction of sp³-hybridized carbons (Fsp3) is 0.357. The van der Waals surface area contributed by atoms with Crippen LogP contribution in [0.15, 0.2) is 30.6 Å². The van der Waals surface area contributed by atoms with E-state index >= 15 is 0 Å². The molecule has 1 atom stereocenters. The van der Waals surface area contributed by atoms with Gasteiger partial charge < -0.3 is 10.4 Å². The first-order valence-corrected chi connectivity index (χ1v) is 7.62. The molecule has 1 aromatic heterocycles. The maximum absolute atomic E-state index is 12.2. The van der Waals surface area contributed by atoms with Gasteiger partial charge in [-0.3, -0.25) is 14.8 Å². The molecule has 1 aromatic carbocycles. The largest absolute Gasteiger partial charge is 0.387 e. The van der Waals surface area contributed by atoms with Gasteiger partial charge in [-0.25, -0.2) is 0 Å². The molecule has 0 aliphatic carbocycles. The van der Waals surface area contributed by atoms with Gasteiger partial charge in [0.15, 0.2) is 0 Å². The maximum Gasteiger partial charge on any atom is 0.253 e. The van der Waals surface area contributed by atoms with Crippen LogP contribution in [0.4, 0.5) is 0 Å².